The van der Waals surface area contributed by atoms with Crippen molar-refractivity contribution in [1.82, 2.24) is 5.32 Å². The van der Waals surface area contributed by atoms with Crippen LogP contribution in [0.4, 0.5) is 0 Å². The lowest BCUT2D eigenvalue weighted by atomic mass is 10.0. The highest BCUT2D eigenvalue weighted by atomic mass is 32.2. The van der Waals surface area contributed by atoms with Crippen molar-refractivity contribution < 1.29 is 4.74 Å². The molecule has 0 aromatic carbocycles. The summed E-state index contributed by atoms with van der Waals surface area (Å²) in [4.78, 5) is 0. The van der Waals surface area contributed by atoms with E-state index in [1.54, 1.807) is 0 Å². The van der Waals surface area contributed by atoms with Crippen LogP contribution in [0.5, 0.6) is 0 Å². The Balaban J connectivity index is 2.32. The third kappa shape index (κ3) is 3.93. The zero-order valence-electron chi connectivity index (χ0n) is 9.21. The fourth-order valence-electron chi connectivity index (χ4n) is 1.56. The van der Waals surface area contributed by atoms with Gasteiger partial charge in [-0.15, -0.1) is 0 Å². The van der Waals surface area contributed by atoms with Crippen LogP contribution < -0.4 is 5.32 Å². The molecule has 1 aliphatic heterocycles. The minimum absolute atomic E-state index is 0.506. The second-order valence-corrected chi connectivity index (χ2v) is 4.73. The number of hydrogen-bond donors (Lipinski definition) is 1. The molecule has 0 amide bonds. The summed E-state index contributed by atoms with van der Waals surface area (Å²) in [6.07, 6.45) is 5.58. The van der Waals surface area contributed by atoms with Crippen LogP contribution in [0.2, 0.25) is 0 Å². The monoisotopic (exact) mass is 215 g/mol. The van der Waals surface area contributed by atoms with E-state index in [2.05, 4.69) is 12.2 Å². The molecule has 1 rings (SSSR count). The average molecular weight is 215 g/mol. The number of thioether (sulfide) groups is 1. The molecule has 0 fully saturated rings. The van der Waals surface area contributed by atoms with Crippen molar-refractivity contribution in [2.45, 2.75) is 32.2 Å². The largest absolute Gasteiger partial charge is 0.501 e. The molecule has 82 valence electrons. The van der Waals surface area contributed by atoms with Crippen LogP contribution in [-0.2, 0) is 4.74 Å². The number of hydrogen-bond acceptors (Lipinski definition) is 3. The summed E-state index contributed by atoms with van der Waals surface area (Å²) in [7, 11) is 2.03. The van der Waals surface area contributed by atoms with Crippen LogP contribution >= 0.6 is 11.8 Å². The van der Waals surface area contributed by atoms with Crippen molar-refractivity contribution in [3.05, 3.63) is 11.8 Å². The van der Waals surface area contributed by atoms with E-state index in [1.165, 1.54) is 36.3 Å². The van der Waals surface area contributed by atoms with Crippen molar-refractivity contribution in [1.29, 1.82) is 0 Å². The van der Waals surface area contributed by atoms with Gasteiger partial charge in [-0.3, -0.25) is 0 Å². The van der Waals surface area contributed by atoms with Crippen LogP contribution in [0.15, 0.2) is 11.8 Å². The molecule has 2 nitrogen and oxygen atoms in total. The van der Waals surface area contributed by atoms with E-state index in [-0.39, 0.29) is 0 Å². The number of ether oxygens (including phenoxy) is 1. The first kappa shape index (κ1) is 11.9. The molecule has 0 aromatic rings. The molecule has 1 heterocycles. The van der Waals surface area contributed by atoms with Gasteiger partial charge >= 0.3 is 0 Å². The van der Waals surface area contributed by atoms with E-state index < -0.39 is 0 Å². The predicted octanol–water partition coefficient (Wildman–Crippen LogP) is 2.41. The Morgan fingerprint density at radius 3 is 3.07 bits per heavy atom. The lowest BCUT2D eigenvalue weighted by Gasteiger charge is -2.22. The minimum atomic E-state index is 0.506. The van der Waals surface area contributed by atoms with Crippen molar-refractivity contribution in [2.24, 2.45) is 0 Å². The van der Waals surface area contributed by atoms with Gasteiger partial charge in [-0.05, 0) is 37.6 Å². The van der Waals surface area contributed by atoms with Crippen LogP contribution in [0.1, 0.15) is 26.2 Å². The highest BCUT2D eigenvalue weighted by Gasteiger charge is 2.14. The summed E-state index contributed by atoms with van der Waals surface area (Å²) in [6, 6.07) is 0.506. The summed E-state index contributed by atoms with van der Waals surface area (Å²) in [6.45, 7) is 3.12. The van der Waals surface area contributed by atoms with E-state index >= 15 is 0 Å². The molecular weight excluding hydrogens is 194 g/mol. The smallest absolute Gasteiger partial charge is 0.0876 e. The van der Waals surface area contributed by atoms with Gasteiger partial charge in [0, 0.05) is 11.8 Å². The Hall–Kier alpha value is -0.150. The molecule has 1 N–H and O–H groups in total. The average Bonchev–Trinajstić information content (AvgIpc) is 2.26. The molecular formula is C11H21NOS. The van der Waals surface area contributed by atoms with Crippen molar-refractivity contribution in [2.75, 3.05) is 25.2 Å². The molecule has 0 saturated carbocycles. The van der Waals surface area contributed by atoms with Gasteiger partial charge in [0.25, 0.3) is 0 Å². The first-order valence-corrected chi connectivity index (χ1v) is 6.59. The fraction of sp³-hybridized carbons (Fsp3) is 0.818. The van der Waals surface area contributed by atoms with Crippen LogP contribution in [0, 0.1) is 0 Å². The molecule has 0 saturated heterocycles. The summed E-state index contributed by atoms with van der Waals surface area (Å²) in [5, 5.41) is 3.36. The van der Waals surface area contributed by atoms with E-state index in [1.807, 2.05) is 25.1 Å². The van der Waals surface area contributed by atoms with E-state index in [0.29, 0.717) is 6.04 Å². The second-order valence-electron chi connectivity index (χ2n) is 3.58. The van der Waals surface area contributed by atoms with Gasteiger partial charge < -0.3 is 10.1 Å². The molecule has 0 spiro atoms. The zero-order valence-corrected chi connectivity index (χ0v) is 10.0. The Labute approximate surface area is 91.5 Å². The Morgan fingerprint density at radius 2 is 2.50 bits per heavy atom. The maximum Gasteiger partial charge on any atom is 0.0876 e. The Morgan fingerprint density at radius 1 is 1.64 bits per heavy atom. The van der Waals surface area contributed by atoms with Gasteiger partial charge in [0.05, 0.1) is 12.9 Å². The summed E-state index contributed by atoms with van der Waals surface area (Å²) < 4.78 is 5.36. The third-order valence-electron chi connectivity index (χ3n) is 2.39. The lowest BCUT2D eigenvalue weighted by Crippen LogP contribution is -2.31. The first-order valence-electron chi connectivity index (χ1n) is 5.44. The zero-order chi connectivity index (χ0) is 10.2. The van der Waals surface area contributed by atoms with Gasteiger partial charge in [0.15, 0.2) is 0 Å². The predicted molar refractivity (Wildman–Crippen MR) is 63.7 cm³/mol. The molecule has 1 atom stereocenters. The van der Waals surface area contributed by atoms with Gasteiger partial charge in [0.2, 0.25) is 0 Å². The number of likely N-dealkylation sites (N-methyl/N-ethyl adjacent to an activating group) is 1. The maximum atomic E-state index is 5.36. The SMILES string of the molecule is CCCSCC(NC)C1=COCCC1. The third-order valence-corrected chi connectivity index (χ3v) is 3.66. The molecule has 3 heteroatoms. The van der Waals surface area contributed by atoms with Gasteiger partial charge in [0.1, 0.15) is 0 Å². The van der Waals surface area contributed by atoms with Crippen molar-refractivity contribution in [3.63, 3.8) is 0 Å². The molecule has 14 heavy (non-hydrogen) atoms. The molecule has 0 bridgehead atoms. The minimum Gasteiger partial charge on any atom is -0.501 e. The molecule has 1 unspecified atom stereocenters. The summed E-state index contributed by atoms with van der Waals surface area (Å²) in [5.41, 5.74) is 1.43. The van der Waals surface area contributed by atoms with Crippen molar-refractivity contribution in [3.8, 4) is 0 Å². The fourth-order valence-corrected chi connectivity index (χ4v) is 2.63. The van der Waals surface area contributed by atoms with Crippen LogP contribution in [0.25, 0.3) is 0 Å². The molecule has 0 aliphatic carbocycles. The lowest BCUT2D eigenvalue weighted by molar-refractivity contribution is 0.221. The summed E-state index contributed by atoms with van der Waals surface area (Å²) >= 11 is 2.02. The maximum absolute atomic E-state index is 5.36. The molecule has 0 radical (unpaired) electrons. The highest BCUT2D eigenvalue weighted by Crippen LogP contribution is 2.18. The summed E-state index contributed by atoms with van der Waals surface area (Å²) in [5.74, 6) is 2.42. The van der Waals surface area contributed by atoms with E-state index in [0.717, 1.165) is 6.61 Å². The second kappa shape index (κ2) is 7.18. The molecule has 0 aromatic heterocycles. The standard InChI is InChI=1S/C11H21NOS/c1-3-7-14-9-11(12-2)10-5-4-6-13-8-10/h8,11-12H,3-7,9H2,1-2H3. The van der Waals surface area contributed by atoms with E-state index in [4.69, 9.17) is 4.74 Å². The Kier molecular flexibility index (Phi) is 6.12. The first-order chi connectivity index (χ1) is 6.88. The normalized spacial score (nSPS) is 18.6. The highest BCUT2D eigenvalue weighted by molar-refractivity contribution is 7.99. The van der Waals surface area contributed by atoms with Crippen LogP contribution in [-0.4, -0.2) is 31.2 Å². The van der Waals surface area contributed by atoms with Crippen molar-refractivity contribution >= 4 is 11.8 Å². The quantitative estimate of drug-likeness (QED) is 0.688. The van der Waals surface area contributed by atoms with Gasteiger partial charge in [-0.25, -0.2) is 0 Å². The molecule has 1 aliphatic rings. The number of nitrogens with one attached hydrogen (secondary N) is 1. The van der Waals surface area contributed by atoms with Gasteiger partial charge in [-0.2, -0.15) is 11.8 Å². The van der Waals surface area contributed by atoms with Gasteiger partial charge in [-0.1, -0.05) is 6.92 Å². The topological polar surface area (TPSA) is 21.3 Å². The number of rotatable bonds is 6. The Bertz CT molecular complexity index is 182. The van der Waals surface area contributed by atoms with Crippen LogP contribution in [0.3, 0.4) is 0 Å². The van der Waals surface area contributed by atoms with E-state index in [9.17, 15) is 0 Å².